The SMILES string of the molecule is CCNC(C(O)c1ccc2sccc2c1)C(F)(F)F. The van der Waals surface area contributed by atoms with Crippen molar-refractivity contribution >= 4 is 21.4 Å². The zero-order chi connectivity index (χ0) is 14.0. The van der Waals surface area contributed by atoms with Gasteiger partial charge in [0, 0.05) is 4.70 Å². The van der Waals surface area contributed by atoms with Gasteiger partial charge < -0.3 is 10.4 Å². The van der Waals surface area contributed by atoms with Crippen LogP contribution in [-0.2, 0) is 0 Å². The van der Waals surface area contributed by atoms with Gasteiger partial charge in [0.1, 0.15) is 12.1 Å². The summed E-state index contributed by atoms with van der Waals surface area (Å²) in [6, 6.07) is 4.75. The number of nitrogens with one attached hydrogen (secondary N) is 1. The van der Waals surface area contributed by atoms with Crippen LogP contribution in [0.5, 0.6) is 0 Å². The largest absolute Gasteiger partial charge is 0.406 e. The van der Waals surface area contributed by atoms with Crippen LogP contribution in [0.2, 0.25) is 0 Å². The number of aliphatic hydroxyl groups is 1. The van der Waals surface area contributed by atoms with Gasteiger partial charge >= 0.3 is 6.18 Å². The number of fused-ring (bicyclic) bond motifs is 1. The highest BCUT2D eigenvalue weighted by Crippen LogP contribution is 2.32. The number of rotatable bonds is 4. The molecule has 0 spiro atoms. The number of hydrogen-bond acceptors (Lipinski definition) is 3. The molecule has 0 amide bonds. The second-order valence-electron chi connectivity index (χ2n) is 4.24. The highest BCUT2D eigenvalue weighted by Gasteiger charge is 2.44. The van der Waals surface area contributed by atoms with E-state index in [1.54, 1.807) is 25.1 Å². The topological polar surface area (TPSA) is 32.3 Å². The summed E-state index contributed by atoms with van der Waals surface area (Å²) in [6.45, 7) is 1.72. The Balaban J connectivity index is 2.32. The van der Waals surface area contributed by atoms with E-state index in [-0.39, 0.29) is 12.1 Å². The normalized spacial score (nSPS) is 15.6. The number of benzene rings is 1. The molecule has 1 aromatic carbocycles. The van der Waals surface area contributed by atoms with Gasteiger partial charge in [-0.25, -0.2) is 0 Å². The average Bonchev–Trinajstić information content (AvgIpc) is 2.80. The van der Waals surface area contributed by atoms with Crippen molar-refractivity contribution in [3.8, 4) is 0 Å². The summed E-state index contributed by atoms with van der Waals surface area (Å²) in [4.78, 5) is 0. The minimum absolute atomic E-state index is 0.141. The molecular weight excluding hydrogens is 275 g/mol. The third-order valence-electron chi connectivity index (χ3n) is 2.91. The monoisotopic (exact) mass is 289 g/mol. The minimum atomic E-state index is -4.49. The van der Waals surface area contributed by atoms with Crippen molar-refractivity contribution < 1.29 is 18.3 Å². The smallest absolute Gasteiger partial charge is 0.386 e. The summed E-state index contributed by atoms with van der Waals surface area (Å²) in [5.41, 5.74) is 0.272. The predicted octanol–water partition coefficient (Wildman–Crippen LogP) is 3.48. The summed E-state index contributed by atoms with van der Waals surface area (Å²) in [7, 11) is 0. The quantitative estimate of drug-likeness (QED) is 0.903. The fourth-order valence-corrected chi connectivity index (χ4v) is 2.76. The zero-order valence-electron chi connectivity index (χ0n) is 10.2. The maximum atomic E-state index is 12.9. The first-order chi connectivity index (χ1) is 8.93. The third kappa shape index (κ3) is 3.08. The molecular formula is C13H14F3NOS. The lowest BCUT2D eigenvalue weighted by Crippen LogP contribution is -2.46. The first kappa shape index (κ1) is 14.3. The van der Waals surface area contributed by atoms with E-state index in [1.807, 2.05) is 11.4 Å². The van der Waals surface area contributed by atoms with Gasteiger partial charge in [0.25, 0.3) is 0 Å². The molecule has 0 bridgehead atoms. The number of hydrogen-bond donors (Lipinski definition) is 2. The highest BCUT2D eigenvalue weighted by molar-refractivity contribution is 7.17. The molecule has 104 valence electrons. The Hall–Kier alpha value is -1.11. The molecule has 0 aliphatic heterocycles. The lowest BCUT2D eigenvalue weighted by Gasteiger charge is -2.26. The van der Waals surface area contributed by atoms with Crippen LogP contribution in [0.4, 0.5) is 13.2 Å². The average molecular weight is 289 g/mol. The van der Waals surface area contributed by atoms with Crippen molar-refractivity contribution in [2.45, 2.75) is 25.2 Å². The van der Waals surface area contributed by atoms with Gasteiger partial charge in [-0.3, -0.25) is 0 Å². The zero-order valence-corrected chi connectivity index (χ0v) is 11.1. The van der Waals surface area contributed by atoms with Crippen molar-refractivity contribution in [2.75, 3.05) is 6.54 Å². The maximum absolute atomic E-state index is 12.9. The molecule has 2 N–H and O–H groups in total. The predicted molar refractivity (Wildman–Crippen MR) is 70.3 cm³/mol. The molecule has 1 aromatic heterocycles. The van der Waals surface area contributed by atoms with Gasteiger partial charge in [0.2, 0.25) is 0 Å². The van der Waals surface area contributed by atoms with Crippen LogP contribution in [0.25, 0.3) is 10.1 Å². The molecule has 0 fully saturated rings. The highest BCUT2D eigenvalue weighted by atomic mass is 32.1. The molecule has 2 unspecified atom stereocenters. The summed E-state index contributed by atoms with van der Waals surface area (Å²) < 4.78 is 39.6. The van der Waals surface area contributed by atoms with Crippen molar-refractivity contribution in [1.29, 1.82) is 0 Å². The lowest BCUT2D eigenvalue weighted by atomic mass is 10.0. The number of alkyl halides is 3. The molecule has 0 aliphatic rings. The Labute approximate surface area is 112 Å². The van der Waals surface area contributed by atoms with Gasteiger partial charge in [0.05, 0.1) is 0 Å². The molecule has 19 heavy (non-hydrogen) atoms. The van der Waals surface area contributed by atoms with E-state index < -0.39 is 18.3 Å². The Bertz CT molecular complexity index is 552. The number of aliphatic hydroxyl groups excluding tert-OH is 1. The van der Waals surface area contributed by atoms with Crippen LogP contribution in [-0.4, -0.2) is 23.9 Å². The van der Waals surface area contributed by atoms with Crippen LogP contribution in [0.3, 0.4) is 0 Å². The maximum Gasteiger partial charge on any atom is 0.406 e. The van der Waals surface area contributed by atoms with E-state index in [4.69, 9.17) is 0 Å². The van der Waals surface area contributed by atoms with Gasteiger partial charge in [-0.1, -0.05) is 13.0 Å². The van der Waals surface area contributed by atoms with Crippen molar-refractivity contribution in [1.82, 2.24) is 5.32 Å². The van der Waals surface area contributed by atoms with Crippen LogP contribution >= 0.6 is 11.3 Å². The van der Waals surface area contributed by atoms with E-state index in [1.165, 1.54) is 11.3 Å². The number of thiophene rings is 1. The van der Waals surface area contributed by atoms with Gasteiger partial charge in [-0.2, -0.15) is 13.2 Å². The Morgan fingerprint density at radius 3 is 2.68 bits per heavy atom. The minimum Gasteiger partial charge on any atom is -0.386 e. The van der Waals surface area contributed by atoms with E-state index in [0.717, 1.165) is 10.1 Å². The van der Waals surface area contributed by atoms with Crippen molar-refractivity contribution in [3.63, 3.8) is 0 Å². The van der Waals surface area contributed by atoms with Gasteiger partial charge in [-0.15, -0.1) is 11.3 Å². The molecule has 1 heterocycles. The Kier molecular flexibility index (Phi) is 4.13. The molecule has 0 saturated heterocycles. The molecule has 0 aliphatic carbocycles. The molecule has 6 heteroatoms. The standard InChI is InChI=1S/C13H14F3NOS/c1-2-17-12(13(14,15)16)11(18)9-3-4-10-8(7-9)5-6-19-10/h3-7,11-12,17-18H,2H2,1H3. The molecule has 2 aromatic rings. The van der Waals surface area contributed by atoms with Crippen LogP contribution in [0.1, 0.15) is 18.6 Å². The first-order valence-electron chi connectivity index (χ1n) is 5.89. The second kappa shape index (κ2) is 5.48. The molecule has 2 nitrogen and oxygen atoms in total. The van der Waals surface area contributed by atoms with E-state index >= 15 is 0 Å². The fourth-order valence-electron chi connectivity index (χ4n) is 1.99. The molecule has 0 saturated carbocycles. The summed E-state index contributed by atoms with van der Waals surface area (Å²) >= 11 is 1.51. The summed E-state index contributed by atoms with van der Waals surface area (Å²) in [5.74, 6) is 0. The number of halogens is 3. The van der Waals surface area contributed by atoms with Crippen LogP contribution in [0.15, 0.2) is 29.6 Å². The fraction of sp³-hybridized carbons (Fsp3) is 0.385. The number of likely N-dealkylation sites (N-methyl/N-ethyl adjacent to an activating group) is 1. The van der Waals surface area contributed by atoms with Gasteiger partial charge in [-0.05, 0) is 41.1 Å². The lowest BCUT2D eigenvalue weighted by molar-refractivity contribution is -0.178. The van der Waals surface area contributed by atoms with E-state index in [0.29, 0.717) is 0 Å². The van der Waals surface area contributed by atoms with Crippen LogP contribution < -0.4 is 5.32 Å². The summed E-state index contributed by atoms with van der Waals surface area (Å²) in [5, 5.41) is 15.0. The molecule has 2 rings (SSSR count). The van der Waals surface area contributed by atoms with Gasteiger partial charge in [0.15, 0.2) is 0 Å². The van der Waals surface area contributed by atoms with E-state index in [2.05, 4.69) is 5.32 Å². The molecule has 0 radical (unpaired) electrons. The second-order valence-corrected chi connectivity index (χ2v) is 5.19. The van der Waals surface area contributed by atoms with E-state index in [9.17, 15) is 18.3 Å². The Morgan fingerprint density at radius 2 is 2.05 bits per heavy atom. The Morgan fingerprint density at radius 1 is 1.32 bits per heavy atom. The molecule has 2 atom stereocenters. The van der Waals surface area contributed by atoms with Crippen molar-refractivity contribution in [3.05, 3.63) is 35.2 Å². The van der Waals surface area contributed by atoms with Crippen molar-refractivity contribution in [2.24, 2.45) is 0 Å². The van der Waals surface area contributed by atoms with Crippen LogP contribution in [0, 0.1) is 0 Å². The first-order valence-corrected chi connectivity index (χ1v) is 6.76. The summed E-state index contributed by atoms with van der Waals surface area (Å²) in [6.07, 6.45) is -6.09. The third-order valence-corrected chi connectivity index (χ3v) is 3.81.